The zero-order valence-corrected chi connectivity index (χ0v) is 21.2. The Labute approximate surface area is 207 Å². The average Bonchev–Trinajstić information content (AvgIpc) is 3.52. The minimum Gasteiger partial charge on any atom is -0.467 e. The third-order valence-electron chi connectivity index (χ3n) is 5.41. The molecule has 0 unspecified atom stereocenters. The van der Waals surface area contributed by atoms with Crippen LogP contribution in [0.1, 0.15) is 47.2 Å². The van der Waals surface area contributed by atoms with Crippen LogP contribution in [0.2, 0.25) is 0 Å². The molecule has 0 fully saturated rings. The van der Waals surface area contributed by atoms with Crippen LogP contribution in [0.15, 0.2) is 102 Å². The van der Waals surface area contributed by atoms with Crippen molar-refractivity contribution < 1.29 is 22.0 Å². The van der Waals surface area contributed by atoms with Crippen LogP contribution in [0.4, 0.5) is 0 Å². The Balaban J connectivity index is 1.60. The molecule has 2 heterocycles. The van der Waals surface area contributed by atoms with E-state index in [1.54, 1.807) is 35.4 Å². The van der Waals surface area contributed by atoms with Crippen LogP contribution in [0, 0.1) is 0 Å². The molecule has 0 radical (unpaired) electrons. The molecule has 2 aromatic heterocycles. The van der Waals surface area contributed by atoms with Crippen molar-refractivity contribution in [2.24, 2.45) is 0 Å². The number of carbonyl (C=O) groups is 1. The molecular weight excluding hydrogens is 518 g/mol. The van der Waals surface area contributed by atoms with E-state index in [4.69, 9.17) is 8.83 Å². The van der Waals surface area contributed by atoms with E-state index in [0.29, 0.717) is 18.2 Å². The standard InChI is InChI=1S/C26H24BrNO5S/c1-18(2)20-7-5-19(6-8-20)16-28(17-22-4-3-15-32-22)26(29)24-13-14-25(33-24)34(30,31)23-11-9-21(27)10-12-23/h3-15,18H,16-17H2,1-2H3. The number of carbonyl (C=O) groups excluding carboxylic acids is 1. The van der Waals surface area contributed by atoms with Crippen molar-refractivity contribution in [2.45, 2.75) is 42.8 Å². The highest BCUT2D eigenvalue weighted by molar-refractivity contribution is 9.10. The molecule has 1 amide bonds. The molecular formula is C26H24BrNO5S. The summed E-state index contributed by atoms with van der Waals surface area (Å²) in [6.07, 6.45) is 1.55. The van der Waals surface area contributed by atoms with Crippen molar-refractivity contribution >= 4 is 31.7 Å². The van der Waals surface area contributed by atoms with E-state index in [0.717, 1.165) is 10.0 Å². The molecule has 0 aliphatic heterocycles. The Bertz CT molecular complexity index is 1360. The number of benzene rings is 2. The molecule has 6 nitrogen and oxygen atoms in total. The molecule has 0 saturated heterocycles. The summed E-state index contributed by atoms with van der Waals surface area (Å²) in [6, 6.07) is 20.6. The maximum absolute atomic E-state index is 13.4. The molecule has 4 rings (SSSR count). The smallest absolute Gasteiger partial charge is 0.290 e. The molecule has 34 heavy (non-hydrogen) atoms. The van der Waals surface area contributed by atoms with Crippen LogP contribution < -0.4 is 0 Å². The molecule has 0 aliphatic rings. The summed E-state index contributed by atoms with van der Waals surface area (Å²) in [7, 11) is -3.89. The van der Waals surface area contributed by atoms with Gasteiger partial charge in [-0.25, -0.2) is 8.42 Å². The third-order valence-corrected chi connectivity index (χ3v) is 7.59. The van der Waals surface area contributed by atoms with E-state index in [1.165, 1.54) is 29.8 Å². The third kappa shape index (κ3) is 5.34. The summed E-state index contributed by atoms with van der Waals surface area (Å²) < 4.78 is 37.6. The van der Waals surface area contributed by atoms with Gasteiger partial charge in [0.1, 0.15) is 5.76 Å². The van der Waals surface area contributed by atoms with Gasteiger partial charge in [0.25, 0.3) is 5.91 Å². The zero-order valence-electron chi connectivity index (χ0n) is 18.8. The normalized spacial score (nSPS) is 11.6. The lowest BCUT2D eigenvalue weighted by atomic mass is 10.0. The highest BCUT2D eigenvalue weighted by Crippen LogP contribution is 2.26. The van der Waals surface area contributed by atoms with Crippen LogP contribution in [0.3, 0.4) is 0 Å². The number of rotatable bonds is 8. The minimum atomic E-state index is -3.89. The number of sulfone groups is 1. The van der Waals surface area contributed by atoms with Gasteiger partial charge in [0.05, 0.1) is 17.7 Å². The predicted molar refractivity (Wildman–Crippen MR) is 131 cm³/mol. The Kier molecular flexibility index (Phi) is 7.09. The van der Waals surface area contributed by atoms with Gasteiger partial charge in [-0.05, 0) is 65.6 Å². The van der Waals surface area contributed by atoms with Gasteiger partial charge in [0.2, 0.25) is 14.9 Å². The van der Waals surface area contributed by atoms with Gasteiger partial charge in [-0.3, -0.25) is 4.79 Å². The molecule has 0 bridgehead atoms. The average molecular weight is 542 g/mol. The highest BCUT2D eigenvalue weighted by atomic mass is 79.9. The van der Waals surface area contributed by atoms with Crippen LogP contribution in [0.5, 0.6) is 0 Å². The molecule has 4 aromatic rings. The van der Waals surface area contributed by atoms with E-state index >= 15 is 0 Å². The van der Waals surface area contributed by atoms with Gasteiger partial charge in [-0.2, -0.15) is 0 Å². The number of hydrogen-bond donors (Lipinski definition) is 0. The molecule has 0 spiro atoms. The highest BCUT2D eigenvalue weighted by Gasteiger charge is 2.26. The monoisotopic (exact) mass is 541 g/mol. The van der Waals surface area contributed by atoms with Crippen molar-refractivity contribution in [1.82, 2.24) is 4.90 Å². The fourth-order valence-electron chi connectivity index (χ4n) is 3.48. The van der Waals surface area contributed by atoms with Gasteiger partial charge in [0.15, 0.2) is 5.76 Å². The fourth-order valence-corrected chi connectivity index (χ4v) is 4.92. The van der Waals surface area contributed by atoms with Gasteiger partial charge in [-0.1, -0.05) is 54.0 Å². The van der Waals surface area contributed by atoms with Gasteiger partial charge in [-0.15, -0.1) is 0 Å². The van der Waals surface area contributed by atoms with Crippen LogP contribution in [-0.4, -0.2) is 19.2 Å². The second-order valence-corrected chi connectivity index (χ2v) is 11.0. The molecule has 0 N–H and O–H groups in total. The van der Waals surface area contributed by atoms with Crippen molar-refractivity contribution in [3.05, 3.63) is 106 Å². The van der Waals surface area contributed by atoms with E-state index < -0.39 is 15.7 Å². The van der Waals surface area contributed by atoms with E-state index in [2.05, 4.69) is 29.8 Å². The Hall–Kier alpha value is -3.10. The van der Waals surface area contributed by atoms with Crippen molar-refractivity contribution in [1.29, 1.82) is 0 Å². The largest absolute Gasteiger partial charge is 0.467 e. The number of nitrogens with zero attached hydrogens (tertiary/aromatic N) is 1. The Morgan fingerprint density at radius 1 is 0.941 bits per heavy atom. The van der Waals surface area contributed by atoms with Gasteiger partial charge >= 0.3 is 0 Å². The van der Waals surface area contributed by atoms with Crippen LogP contribution in [-0.2, 0) is 22.9 Å². The summed E-state index contributed by atoms with van der Waals surface area (Å²) >= 11 is 3.29. The summed E-state index contributed by atoms with van der Waals surface area (Å²) in [5.74, 6) is 0.535. The van der Waals surface area contributed by atoms with Crippen LogP contribution >= 0.6 is 15.9 Å². The second kappa shape index (κ2) is 10.0. The van der Waals surface area contributed by atoms with Crippen molar-refractivity contribution in [3.63, 3.8) is 0 Å². The summed E-state index contributed by atoms with van der Waals surface area (Å²) in [6.45, 7) is 4.78. The van der Waals surface area contributed by atoms with Gasteiger partial charge < -0.3 is 13.7 Å². The van der Waals surface area contributed by atoms with E-state index in [1.807, 2.05) is 24.3 Å². The summed E-state index contributed by atoms with van der Waals surface area (Å²) in [4.78, 5) is 15.0. The lowest BCUT2D eigenvalue weighted by Crippen LogP contribution is -2.29. The first kappa shape index (κ1) is 24.0. The molecule has 176 valence electrons. The maximum Gasteiger partial charge on any atom is 0.290 e. The first-order valence-corrected chi connectivity index (χ1v) is 13.0. The quantitative estimate of drug-likeness (QED) is 0.256. The topological polar surface area (TPSA) is 80.7 Å². The summed E-state index contributed by atoms with van der Waals surface area (Å²) in [5, 5.41) is -0.280. The molecule has 0 atom stereocenters. The predicted octanol–water partition coefficient (Wildman–Crippen LogP) is 6.43. The van der Waals surface area contributed by atoms with Gasteiger partial charge in [0, 0.05) is 11.0 Å². The number of furan rings is 2. The second-order valence-electron chi connectivity index (χ2n) is 8.21. The maximum atomic E-state index is 13.4. The number of halogens is 1. The first-order valence-electron chi connectivity index (χ1n) is 10.7. The number of hydrogen-bond acceptors (Lipinski definition) is 5. The molecule has 0 aliphatic carbocycles. The lowest BCUT2D eigenvalue weighted by Gasteiger charge is -2.21. The zero-order chi connectivity index (χ0) is 24.3. The minimum absolute atomic E-state index is 0.0546. The molecule has 2 aromatic carbocycles. The first-order chi connectivity index (χ1) is 16.2. The van der Waals surface area contributed by atoms with Crippen molar-refractivity contribution in [2.75, 3.05) is 0 Å². The Morgan fingerprint density at radius 2 is 1.65 bits per heavy atom. The van der Waals surface area contributed by atoms with E-state index in [-0.39, 0.29) is 22.3 Å². The van der Waals surface area contributed by atoms with E-state index in [9.17, 15) is 13.2 Å². The number of amides is 1. The summed E-state index contributed by atoms with van der Waals surface area (Å²) in [5.41, 5.74) is 2.15. The SMILES string of the molecule is CC(C)c1ccc(CN(Cc2ccco2)C(=O)c2ccc(S(=O)(=O)c3ccc(Br)cc3)o2)cc1. The lowest BCUT2D eigenvalue weighted by molar-refractivity contribution is 0.0679. The van der Waals surface area contributed by atoms with Crippen molar-refractivity contribution in [3.8, 4) is 0 Å². The fraction of sp³-hybridized carbons (Fsp3) is 0.192. The van der Waals surface area contributed by atoms with Crippen LogP contribution in [0.25, 0.3) is 0 Å². The molecule has 0 saturated carbocycles. The Morgan fingerprint density at radius 3 is 2.26 bits per heavy atom. The molecule has 8 heteroatoms.